The largest absolute Gasteiger partial charge is 0.395 e. The van der Waals surface area contributed by atoms with Crippen LogP contribution in [-0.2, 0) is 11.3 Å². The Hall–Kier alpha value is -1.97. The molecular weight excluding hydrogens is 262 g/mol. The minimum absolute atomic E-state index is 0.0312. The Morgan fingerprint density at radius 2 is 1.62 bits per heavy atom. The lowest BCUT2D eigenvalue weighted by Gasteiger charge is -2.30. The topological polar surface area (TPSA) is 40.5 Å². The van der Waals surface area contributed by atoms with Crippen molar-refractivity contribution in [2.45, 2.75) is 19.5 Å². The Kier molecular flexibility index (Phi) is 5.67. The molecule has 2 aromatic rings. The van der Waals surface area contributed by atoms with Crippen molar-refractivity contribution >= 4 is 5.78 Å². The van der Waals surface area contributed by atoms with Gasteiger partial charge in [-0.25, -0.2) is 0 Å². The quantitative estimate of drug-likeness (QED) is 0.849. The number of rotatable bonds is 7. The summed E-state index contributed by atoms with van der Waals surface area (Å²) in [6.07, 6.45) is 0. The van der Waals surface area contributed by atoms with Gasteiger partial charge in [0.2, 0.25) is 0 Å². The summed E-state index contributed by atoms with van der Waals surface area (Å²) in [5.41, 5.74) is 2.10. The Balaban J connectivity index is 2.27. The molecule has 0 radical (unpaired) electrons. The maximum absolute atomic E-state index is 12.1. The van der Waals surface area contributed by atoms with E-state index < -0.39 is 0 Å². The van der Waals surface area contributed by atoms with Gasteiger partial charge in [0, 0.05) is 13.1 Å². The zero-order valence-corrected chi connectivity index (χ0v) is 12.3. The lowest BCUT2D eigenvalue weighted by atomic mass is 10.0. The minimum atomic E-state index is -0.321. The summed E-state index contributed by atoms with van der Waals surface area (Å²) in [5.74, 6) is 0.0885. The number of nitrogens with zero attached hydrogens (tertiary/aromatic N) is 1. The van der Waals surface area contributed by atoms with E-state index >= 15 is 0 Å². The average molecular weight is 283 g/mol. The Morgan fingerprint density at radius 3 is 2.14 bits per heavy atom. The van der Waals surface area contributed by atoms with E-state index in [0.29, 0.717) is 13.1 Å². The fourth-order valence-corrected chi connectivity index (χ4v) is 2.58. The maximum atomic E-state index is 12.1. The molecule has 0 heterocycles. The third-order valence-electron chi connectivity index (χ3n) is 3.48. The van der Waals surface area contributed by atoms with Crippen molar-refractivity contribution in [2.75, 3.05) is 13.2 Å². The van der Waals surface area contributed by atoms with Crippen molar-refractivity contribution in [3.8, 4) is 0 Å². The molecule has 0 saturated heterocycles. The number of ketones is 1. The number of aliphatic hydroxyl groups is 1. The van der Waals surface area contributed by atoms with Gasteiger partial charge in [-0.05, 0) is 18.1 Å². The summed E-state index contributed by atoms with van der Waals surface area (Å²) >= 11 is 0. The van der Waals surface area contributed by atoms with Crippen molar-refractivity contribution in [3.05, 3.63) is 71.8 Å². The fraction of sp³-hybridized carbons (Fsp3) is 0.278. The van der Waals surface area contributed by atoms with Gasteiger partial charge < -0.3 is 5.11 Å². The van der Waals surface area contributed by atoms with Crippen molar-refractivity contribution in [1.82, 2.24) is 4.90 Å². The van der Waals surface area contributed by atoms with E-state index in [0.717, 1.165) is 11.1 Å². The number of carbonyl (C=O) groups is 1. The monoisotopic (exact) mass is 283 g/mol. The Labute approximate surface area is 125 Å². The molecule has 0 saturated carbocycles. The molecule has 0 aliphatic rings. The van der Waals surface area contributed by atoms with Gasteiger partial charge in [0.05, 0.1) is 12.6 Å². The van der Waals surface area contributed by atoms with Gasteiger partial charge in [-0.2, -0.15) is 0 Å². The number of aliphatic hydroxyl groups excluding tert-OH is 1. The average Bonchev–Trinajstić information content (AvgIpc) is 2.49. The highest BCUT2D eigenvalue weighted by atomic mass is 16.3. The first kappa shape index (κ1) is 15.4. The molecule has 2 rings (SSSR count). The van der Waals surface area contributed by atoms with E-state index in [1.165, 1.54) is 0 Å². The zero-order valence-electron chi connectivity index (χ0n) is 12.3. The lowest BCUT2D eigenvalue weighted by molar-refractivity contribution is -0.122. The van der Waals surface area contributed by atoms with Crippen LogP contribution in [0.5, 0.6) is 0 Å². The lowest BCUT2D eigenvalue weighted by Crippen LogP contribution is -2.35. The first-order chi connectivity index (χ1) is 10.2. The van der Waals surface area contributed by atoms with E-state index in [1.807, 2.05) is 65.6 Å². The van der Waals surface area contributed by atoms with Crippen LogP contribution in [0.1, 0.15) is 24.1 Å². The van der Waals surface area contributed by atoms with Crippen molar-refractivity contribution in [2.24, 2.45) is 0 Å². The summed E-state index contributed by atoms with van der Waals surface area (Å²) < 4.78 is 0. The first-order valence-corrected chi connectivity index (χ1v) is 7.16. The molecule has 0 unspecified atom stereocenters. The fourth-order valence-electron chi connectivity index (χ4n) is 2.58. The first-order valence-electron chi connectivity index (χ1n) is 7.16. The van der Waals surface area contributed by atoms with E-state index in [-0.39, 0.29) is 18.4 Å². The number of Topliss-reactive ketones (excluding diaryl/α,β-unsaturated/α-hetero) is 1. The zero-order chi connectivity index (χ0) is 15.1. The van der Waals surface area contributed by atoms with Crippen LogP contribution >= 0.6 is 0 Å². The van der Waals surface area contributed by atoms with Crippen LogP contribution in [0.25, 0.3) is 0 Å². The standard InChI is InChI=1S/C18H21NO2/c1-15(21)18(17-10-6-3-7-11-17)19(12-13-20)14-16-8-4-2-5-9-16/h2-11,18,20H,12-14H2,1H3/t18-/m0/s1. The van der Waals surface area contributed by atoms with E-state index in [4.69, 9.17) is 0 Å². The second kappa shape index (κ2) is 7.72. The molecule has 21 heavy (non-hydrogen) atoms. The maximum Gasteiger partial charge on any atom is 0.151 e. The van der Waals surface area contributed by atoms with Gasteiger partial charge in [0.25, 0.3) is 0 Å². The number of carbonyl (C=O) groups excluding carboxylic acids is 1. The smallest absolute Gasteiger partial charge is 0.151 e. The molecular formula is C18H21NO2. The predicted molar refractivity (Wildman–Crippen MR) is 83.8 cm³/mol. The molecule has 0 amide bonds. The van der Waals surface area contributed by atoms with Crippen LogP contribution in [0.3, 0.4) is 0 Å². The van der Waals surface area contributed by atoms with Crippen molar-refractivity contribution < 1.29 is 9.90 Å². The van der Waals surface area contributed by atoms with Crippen molar-refractivity contribution in [3.63, 3.8) is 0 Å². The van der Waals surface area contributed by atoms with Gasteiger partial charge >= 0.3 is 0 Å². The minimum Gasteiger partial charge on any atom is -0.395 e. The molecule has 0 spiro atoms. The van der Waals surface area contributed by atoms with E-state index in [2.05, 4.69) is 0 Å². The normalized spacial score (nSPS) is 12.3. The third-order valence-corrected chi connectivity index (χ3v) is 3.48. The highest BCUT2D eigenvalue weighted by Gasteiger charge is 2.24. The summed E-state index contributed by atoms with van der Waals surface area (Å²) in [6, 6.07) is 19.4. The van der Waals surface area contributed by atoms with Crippen molar-refractivity contribution in [1.29, 1.82) is 0 Å². The second-order valence-corrected chi connectivity index (χ2v) is 5.10. The molecule has 3 nitrogen and oxygen atoms in total. The molecule has 0 aliphatic heterocycles. The Morgan fingerprint density at radius 1 is 1.05 bits per heavy atom. The second-order valence-electron chi connectivity index (χ2n) is 5.10. The number of hydrogen-bond donors (Lipinski definition) is 1. The SMILES string of the molecule is CC(=O)[C@@H](c1ccccc1)N(CCO)Cc1ccccc1. The molecule has 0 aliphatic carbocycles. The van der Waals surface area contributed by atoms with Gasteiger partial charge in [-0.3, -0.25) is 9.69 Å². The molecule has 110 valence electrons. The highest BCUT2D eigenvalue weighted by molar-refractivity contribution is 5.82. The molecule has 1 N–H and O–H groups in total. The molecule has 0 bridgehead atoms. The molecule has 2 aromatic carbocycles. The molecule has 0 aromatic heterocycles. The third kappa shape index (κ3) is 4.25. The van der Waals surface area contributed by atoms with Crippen LogP contribution in [-0.4, -0.2) is 28.9 Å². The van der Waals surface area contributed by atoms with Gasteiger partial charge in [0.1, 0.15) is 0 Å². The Bertz CT molecular complexity index is 554. The highest BCUT2D eigenvalue weighted by Crippen LogP contribution is 2.23. The summed E-state index contributed by atoms with van der Waals surface area (Å²) in [5, 5.41) is 9.34. The van der Waals surface area contributed by atoms with Gasteiger partial charge in [-0.1, -0.05) is 60.7 Å². The summed E-state index contributed by atoms with van der Waals surface area (Å²) in [4.78, 5) is 14.1. The van der Waals surface area contributed by atoms with Gasteiger partial charge in [-0.15, -0.1) is 0 Å². The van der Waals surface area contributed by atoms with Crippen LogP contribution in [0.4, 0.5) is 0 Å². The number of benzene rings is 2. The predicted octanol–water partition coefficient (Wildman–Crippen LogP) is 2.81. The van der Waals surface area contributed by atoms with Gasteiger partial charge in [0.15, 0.2) is 5.78 Å². The van der Waals surface area contributed by atoms with Crippen LogP contribution in [0, 0.1) is 0 Å². The molecule has 3 heteroatoms. The molecule has 0 fully saturated rings. The van der Waals surface area contributed by atoms with Crippen LogP contribution in [0.2, 0.25) is 0 Å². The van der Waals surface area contributed by atoms with Crippen LogP contribution < -0.4 is 0 Å². The van der Waals surface area contributed by atoms with E-state index in [1.54, 1.807) is 6.92 Å². The molecule has 1 atom stereocenters. The van der Waals surface area contributed by atoms with Crippen LogP contribution in [0.15, 0.2) is 60.7 Å². The van der Waals surface area contributed by atoms with E-state index in [9.17, 15) is 9.90 Å². The number of hydrogen-bond acceptors (Lipinski definition) is 3. The summed E-state index contributed by atoms with van der Waals surface area (Å²) in [7, 11) is 0. The summed E-state index contributed by atoms with van der Waals surface area (Å²) in [6.45, 7) is 2.74.